The predicted molar refractivity (Wildman–Crippen MR) is 34.2 cm³/mol. The molecule has 0 aromatic carbocycles. The van der Waals surface area contributed by atoms with Crippen molar-refractivity contribution in [1.29, 1.82) is 0 Å². The normalized spacial score (nSPS) is 29.5. The lowest BCUT2D eigenvalue weighted by atomic mass is 10.1. The van der Waals surface area contributed by atoms with Gasteiger partial charge in [-0.3, -0.25) is 0 Å². The van der Waals surface area contributed by atoms with Gasteiger partial charge in [-0.25, -0.2) is 0 Å². The quantitative estimate of drug-likeness (QED) is 0.434. The molecule has 3 nitrogen and oxygen atoms in total. The molecule has 0 bridgehead atoms. The van der Waals surface area contributed by atoms with Gasteiger partial charge in [0.25, 0.3) is 0 Å². The highest BCUT2D eigenvalue weighted by molar-refractivity contribution is 4.87. The van der Waals surface area contributed by atoms with Gasteiger partial charge in [-0.1, -0.05) is 0 Å². The Hall–Kier alpha value is -0.260. The van der Waals surface area contributed by atoms with Crippen LogP contribution in [-0.4, -0.2) is 35.0 Å². The number of rotatable bonds is 0. The highest BCUT2D eigenvalue weighted by Crippen LogP contribution is 2.31. The second kappa shape index (κ2) is 2.66. The van der Waals surface area contributed by atoms with Gasteiger partial charge >= 0.3 is 5.92 Å². The number of alkyl halides is 2. The lowest BCUT2D eigenvalue weighted by Gasteiger charge is -2.28. The number of halogens is 2. The lowest BCUT2D eigenvalue weighted by Crippen LogP contribution is -2.51. The Labute approximate surface area is 63.0 Å². The van der Waals surface area contributed by atoms with Crippen LogP contribution in [0.3, 0.4) is 0 Å². The number of hydrogen-bond acceptors (Lipinski definition) is 3. The molecule has 0 unspecified atom stereocenters. The maximum absolute atomic E-state index is 12.7. The Morgan fingerprint density at radius 1 is 1.27 bits per heavy atom. The van der Waals surface area contributed by atoms with Crippen LogP contribution in [0.15, 0.2) is 0 Å². The van der Waals surface area contributed by atoms with Crippen LogP contribution in [-0.2, 0) is 0 Å². The number of aliphatic hydroxyl groups is 2. The Bertz CT molecular complexity index is 134. The van der Waals surface area contributed by atoms with Crippen LogP contribution in [0.1, 0.15) is 12.8 Å². The molecule has 0 saturated carbocycles. The molecule has 0 atom stereocenters. The van der Waals surface area contributed by atoms with E-state index in [4.69, 9.17) is 10.2 Å². The summed E-state index contributed by atoms with van der Waals surface area (Å²) in [5, 5.41) is 20.1. The fraction of sp³-hybridized carbons (Fsp3) is 1.00. The van der Waals surface area contributed by atoms with Crippen molar-refractivity contribution in [2.75, 3.05) is 13.1 Å². The van der Waals surface area contributed by atoms with Gasteiger partial charge in [0.1, 0.15) is 0 Å². The summed E-state index contributed by atoms with van der Waals surface area (Å²) in [5.74, 6) is -6.28. The molecule has 1 heterocycles. The first-order valence-electron chi connectivity index (χ1n) is 3.49. The summed E-state index contributed by atoms with van der Waals surface area (Å²) >= 11 is 0. The SMILES string of the molecule is OC1(O)CCCNCC1(F)F. The summed E-state index contributed by atoms with van der Waals surface area (Å²) in [7, 11) is 0. The van der Waals surface area contributed by atoms with Gasteiger partial charge in [-0.2, -0.15) is 8.78 Å². The Morgan fingerprint density at radius 2 is 1.91 bits per heavy atom. The summed E-state index contributed by atoms with van der Waals surface area (Å²) in [4.78, 5) is 0. The van der Waals surface area contributed by atoms with Crippen molar-refractivity contribution in [3.8, 4) is 0 Å². The topological polar surface area (TPSA) is 52.5 Å². The monoisotopic (exact) mass is 167 g/mol. The van der Waals surface area contributed by atoms with Crippen molar-refractivity contribution in [3.05, 3.63) is 0 Å². The van der Waals surface area contributed by atoms with E-state index in [9.17, 15) is 8.78 Å². The van der Waals surface area contributed by atoms with Crippen LogP contribution in [0, 0.1) is 0 Å². The summed E-state index contributed by atoms with van der Waals surface area (Å²) in [5.41, 5.74) is 0. The zero-order chi connectivity index (χ0) is 8.54. The summed E-state index contributed by atoms with van der Waals surface area (Å²) in [6.45, 7) is -0.265. The van der Waals surface area contributed by atoms with E-state index in [2.05, 4.69) is 5.32 Å². The van der Waals surface area contributed by atoms with Crippen LogP contribution in [0.5, 0.6) is 0 Å². The second-order valence-corrected chi connectivity index (χ2v) is 2.80. The molecule has 3 N–H and O–H groups in total. The average Bonchev–Trinajstić information content (AvgIpc) is 1.94. The molecule has 5 heteroatoms. The van der Waals surface area contributed by atoms with Crippen molar-refractivity contribution < 1.29 is 19.0 Å². The molecule has 0 spiro atoms. The summed E-state index contributed by atoms with van der Waals surface area (Å²) < 4.78 is 25.4. The van der Waals surface area contributed by atoms with Gasteiger partial charge in [0.2, 0.25) is 5.79 Å². The van der Waals surface area contributed by atoms with E-state index in [0.717, 1.165) is 0 Å². The van der Waals surface area contributed by atoms with Crippen molar-refractivity contribution in [1.82, 2.24) is 5.32 Å². The third-order valence-corrected chi connectivity index (χ3v) is 1.81. The molecule has 0 radical (unpaired) electrons. The van der Waals surface area contributed by atoms with Crippen LogP contribution in [0.4, 0.5) is 8.78 Å². The van der Waals surface area contributed by atoms with Crippen LogP contribution < -0.4 is 5.32 Å². The maximum atomic E-state index is 12.7. The van der Waals surface area contributed by atoms with Crippen molar-refractivity contribution >= 4 is 0 Å². The Kier molecular flexibility index (Phi) is 2.13. The number of nitrogens with one attached hydrogen (secondary N) is 1. The Balaban J connectivity index is 2.72. The molecule has 0 aromatic heterocycles. The molecule has 0 amide bonds. The Morgan fingerprint density at radius 3 is 2.55 bits per heavy atom. The predicted octanol–water partition coefficient (Wildman–Crippen LogP) is -0.314. The summed E-state index contributed by atoms with van der Waals surface area (Å²) in [6, 6.07) is 0. The summed E-state index contributed by atoms with van der Waals surface area (Å²) in [6.07, 6.45) is 0.0651. The van der Waals surface area contributed by atoms with Crippen molar-refractivity contribution in [3.63, 3.8) is 0 Å². The van der Waals surface area contributed by atoms with Crippen molar-refractivity contribution in [2.24, 2.45) is 0 Å². The molecular formula is C6H11F2NO2. The minimum absolute atomic E-state index is 0.285. The van der Waals surface area contributed by atoms with Gasteiger partial charge < -0.3 is 15.5 Å². The highest BCUT2D eigenvalue weighted by atomic mass is 19.3. The molecule has 0 aromatic rings. The molecule has 66 valence electrons. The fourth-order valence-electron chi connectivity index (χ4n) is 1.03. The van der Waals surface area contributed by atoms with E-state index in [1.54, 1.807) is 0 Å². The van der Waals surface area contributed by atoms with Gasteiger partial charge in [0.15, 0.2) is 0 Å². The molecule has 1 aliphatic rings. The van der Waals surface area contributed by atoms with E-state index in [-0.39, 0.29) is 6.42 Å². The molecule has 11 heavy (non-hydrogen) atoms. The molecular weight excluding hydrogens is 156 g/mol. The molecule has 1 rings (SSSR count). The molecule has 1 fully saturated rings. The molecule has 1 aliphatic heterocycles. The first-order chi connectivity index (χ1) is 4.96. The van der Waals surface area contributed by atoms with E-state index in [1.165, 1.54) is 0 Å². The molecule has 0 aliphatic carbocycles. The van der Waals surface area contributed by atoms with E-state index in [0.29, 0.717) is 13.0 Å². The maximum Gasteiger partial charge on any atom is 0.312 e. The molecule has 1 saturated heterocycles. The van der Waals surface area contributed by atoms with Crippen LogP contribution in [0.2, 0.25) is 0 Å². The van der Waals surface area contributed by atoms with E-state index < -0.39 is 18.3 Å². The first-order valence-corrected chi connectivity index (χ1v) is 3.49. The third kappa shape index (κ3) is 1.66. The van der Waals surface area contributed by atoms with Gasteiger partial charge in [0, 0.05) is 6.42 Å². The standard InChI is InChI=1S/C6H11F2NO2/c7-5(8)4-9-3-1-2-6(5,10)11/h9-11H,1-4H2. The largest absolute Gasteiger partial charge is 0.361 e. The third-order valence-electron chi connectivity index (χ3n) is 1.81. The average molecular weight is 167 g/mol. The van der Waals surface area contributed by atoms with Gasteiger partial charge in [-0.05, 0) is 13.0 Å². The number of hydrogen-bond donors (Lipinski definition) is 3. The fourth-order valence-corrected chi connectivity index (χ4v) is 1.03. The van der Waals surface area contributed by atoms with Crippen LogP contribution in [0.25, 0.3) is 0 Å². The highest BCUT2D eigenvalue weighted by Gasteiger charge is 2.51. The second-order valence-electron chi connectivity index (χ2n) is 2.80. The van der Waals surface area contributed by atoms with Crippen molar-refractivity contribution in [2.45, 2.75) is 24.6 Å². The van der Waals surface area contributed by atoms with E-state index >= 15 is 0 Å². The zero-order valence-corrected chi connectivity index (χ0v) is 5.98. The van der Waals surface area contributed by atoms with Gasteiger partial charge in [-0.15, -0.1) is 0 Å². The van der Waals surface area contributed by atoms with E-state index in [1.807, 2.05) is 0 Å². The zero-order valence-electron chi connectivity index (χ0n) is 5.98. The lowest BCUT2D eigenvalue weighted by molar-refractivity contribution is -0.292. The van der Waals surface area contributed by atoms with Crippen LogP contribution >= 0.6 is 0 Å². The minimum atomic E-state index is -3.44. The first kappa shape index (κ1) is 8.83. The van der Waals surface area contributed by atoms with Gasteiger partial charge in [0.05, 0.1) is 6.54 Å². The smallest absolute Gasteiger partial charge is 0.312 e. The minimum Gasteiger partial charge on any atom is -0.361 e.